The number of aliphatic hydroxyl groups is 1. The molecule has 1 atom stereocenters. The van der Waals surface area contributed by atoms with E-state index in [1.54, 1.807) is 24.3 Å². The van der Waals surface area contributed by atoms with E-state index in [2.05, 4.69) is 18.7 Å². The number of methoxy groups -OCH3 is 1. The molecular formula is C30H32N2O4. The summed E-state index contributed by atoms with van der Waals surface area (Å²) in [5.41, 5.74) is 4.68. The number of Topliss-reactive ketones (excluding diaryl/α,β-unsaturated/α-hetero) is 1. The van der Waals surface area contributed by atoms with Crippen LogP contribution in [0, 0.1) is 13.8 Å². The summed E-state index contributed by atoms with van der Waals surface area (Å²) in [5, 5.41) is 11.5. The SMILES string of the molecule is CCN(CC)c1ccc(C2/C(=C(\O)c3ccccc3OC)C(=O)C(=O)N2c2cc(C)ccc2C)cc1. The molecule has 0 aliphatic carbocycles. The molecule has 36 heavy (non-hydrogen) atoms. The third-order valence-corrected chi connectivity index (χ3v) is 6.77. The fraction of sp³-hybridized carbons (Fsp3) is 0.267. The first kappa shape index (κ1) is 25.0. The zero-order chi connectivity index (χ0) is 26.0. The van der Waals surface area contributed by atoms with Crippen LogP contribution in [-0.4, -0.2) is 37.0 Å². The molecule has 3 aromatic rings. The van der Waals surface area contributed by atoms with E-state index in [1.807, 2.05) is 56.3 Å². The summed E-state index contributed by atoms with van der Waals surface area (Å²) in [7, 11) is 1.50. The van der Waals surface area contributed by atoms with Crippen LogP contribution in [0.25, 0.3) is 5.76 Å². The van der Waals surface area contributed by atoms with E-state index in [1.165, 1.54) is 12.0 Å². The first-order chi connectivity index (χ1) is 17.3. The van der Waals surface area contributed by atoms with Gasteiger partial charge in [-0.3, -0.25) is 14.5 Å². The molecule has 1 aliphatic heterocycles. The second-order valence-corrected chi connectivity index (χ2v) is 8.92. The predicted octanol–water partition coefficient (Wildman–Crippen LogP) is 5.78. The number of hydrogen-bond donors (Lipinski definition) is 1. The van der Waals surface area contributed by atoms with E-state index in [9.17, 15) is 14.7 Å². The maximum atomic E-state index is 13.5. The number of para-hydroxylation sites is 1. The Bertz CT molecular complexity index is 1320. The molecule has 6 heteroatoms. The van der Waals surface area contributed by atoms with Crippen molar-refractivity contribution in [3.8, 4) is 5.75 Å². The van der Waals surface area contributed by atoms with Gasteiger partial charge >= 0.3 is 0 Å². The van der Waals surface area contributed by atoms with E-state index >= 15 is 0 Å². The van der Waals surface area contributed by atoms with Crippen LogP contribution in [-0.2, 0) is 9.59 Å². The van der Waals surface area contributed by atoms with Crippen LogP contribution in [0.4, 0.5) is 11.4 Å². The average Bonchev–Trinajstić information content (AvgIpc) is 3.16. The summed E-state index contributed by atoms with van der Waals surface area (Å²) in [4.78, 5) is 30.7. The number of hydrogen-bond acceptors (Lipinski definition) is 5. The Labute approximate surface area is 212 Å². The van der Waals surface area contributed by atoms with Gasteiger partial charge in [-0.2, -0.15) is 0 Å². The fourth-order valence-electron chi connectivity index (χ4n) is 4.82. The van der Waals surface area contributed by atoms with Crippen LogP contribution in [0.1, 0.15) is 42.1 Å². The van der Waals surface area contributed by atoms with Gasteiger partial charge in [0.25, 0.3) is 11.7 Å². The minimum Gasteiger partial charge on any atom is -0.507 e. The number of amides is 1. The molecule has 186 valence electrons. The van der Waals surface area contributed by atoms with E-state index in [-0.39, 0.29) is 11.3 Å². The maximum Gasteiger partial charge on any atom is 0.300 e. The van der Waals surface area contributed by atoms with Gasteiger partial charge in [-0.25, -0.2) is 0 Å². The molecule has 1 N–H and O–H groups in total. The van der Waals surface area contributed by atoms with Crippen LogP contribution >= 0.6 is 0 Å². The number of anilines is 2. The van der Waals surface area contributed by atoms with Crippen molar-refractivity contribution in [2.45, 2.75) is 33.7 Å². The molecule has 1 unspecified atom stereocenters. The number of ketones is 1. The number of carbonyl (C=O) groups excluding carboxylic acids is 2. The monoisotopic (exact) mass is 484 g/mol. The molecule has 1 fully saturated rings. The lowest BCUT2D eigenvalue weighted by Crippen LogP contribution is -2.30. The third kappa shape index (κ3) is 4.35. The Morgan fingerprint density at radius 3 is 2.28 bits per heavy atom. The summed E-state index contributed by atoms with van der Waals surface area (Å²) < 4.78 is 5.43. The van der Waals surface area contributed by atoms with E-state index in [4.69, 9.17) is 4.74 Å². The van der Waals surface area contributed by atoms with E-state index < -0.39 is 17.7 Å². The molecule has 1 saturated heterocycles. The minimum absolute atomic E-state index is 0.0426. The summed E-state index contributed by atoms with van der Waals surface area (Å²) in [6.07, 6.45) is 0. The molecule has 0 saturated carbocycles. The highest BCUT2D eigenvalue weighted by Gasteiger charge is 2.47. The Hall–Kier alpha value is -4.06. The van der Waals surface area contributed by atoms with E-state index in [0.29, 0.717) is 17.0 Å². The average molecular weight is 485 g/mol. The largest absolute Gasteiger partial charge is 0.507 e. The molecular weight excluding hydrogens is 452 g/mol. The van der Waals surface area contributed by atoms with Crippen molar-refractivity contribution >= 4 is 28.8 Å². The minimum atomic E-state index is -0.791. The summed E-state index contributed by atoms with van der Waals surface area (Å²) >= 11 is 0. The number of rotatable bonds is 7. The van der Waals surface area contributed by atoms with Crippen molar-refractivity contribution in [1.82, 2.24) is 0 Å². The number of ether oxygens (including phenoxy) is 1. The molecule has 0 aromatic heterocycles. The number of aliphatic hydroxyl groups excluding tert-OH is 1. The zero-order valence-electron chi connectivity index (χ0n) is 21.4. The molecule has 0 bridgehead atoms. The molecule has 0 spiro atoms. The van der Waals surface area contributed by atoms with Crippen LogP contribution in [0.3, 0.4) is 0 Å². The molecule has 1 aliphatic rings. The normalized spacial score (nSPS) is 16.9. The molecule has 3 aromatic carbocycles. The van der Waals surface area contributed by atoms with Gasteiger partial charge in [0.15, 0.2) is 0 Å². The van der Waals surface area contributed by atoms with Crippen molar-refractivity contribution in [3.63, 3.8) is 0 Å². The van der Waals surface area contributed by atoms with Crippen molar-refractivity contribution in [2.75, 3.05) is 30.0 Å². The summed E-state index contributed by atoms with van der Waals surface area (Å²) in [6, 6.07) is 19.8. The number of aryl methyl sites for hydroxylation is 2. The van der Waals surface area contributed by atoms with Gasteiger partial charge in [0.05, 0.1) is 24.3 Å². The van der Waals surface area contributed by atoms with Gasteiger partial charge < -0.3 is 14.7 Å². The van der Waals surface area contributed by atoms with Crippen LogP contribution in [0.5, 0.6) is 5.75 Å². The Kier molecular flexibility index (Phi) is 7.15. The highest BCUT2D eigenvalue weighted by molar-refractivity contribution is 6.51. The van der Waals surface area contributed by atoms with E-state index in [0.717, 1.165) is 35.5 Å². The van der Waals surface area contributed by atoms with Gasteiger partial charge in [-0.15, -0.1) is 0 Å². The highest BCUT2D eigenvalue weighted by Crippen LogP contribution is 2.44. The molecule has 0 radical (unpaired) electrons. The fourth-order valence-corrected chi connectivity index (χ4v) is 4.82. The maximum absolute atomic E-state index is 13.5. The second kappa shape index (κ2) is 10.3. The van der Waals surface area contributed by atoms with Crippen LogP contribution < -0.4 is 14.5 Å². The first-order valence-electron chi connectivity index (χ1n) is 12.2. The van der Waals surface area contributed by atoms with Crippen molar-refractivity contribution in [1.29, 1.82) is 0 Å². The molecule has 1 amide bonds. The Morgan fingerprint density at radius 2 is 1.64 bits per heavy atom. The lowest BCUT2D eigenvalue weighted by molar-refractivity contribution is -0.132. The Balaban J connectivity index is 1.96. The van der Waals surface area contributed by atoms with Gasteiger partial charge in [0, 0.05) is 24.5 Å². The number of benzene rings is 3. The van der Waals surface area contributed by atoms with Crippen LogP contribution in [0.15, 0.2) is 72.3 Å². The summed E-state index contributed by atoms with van der Waals surface area (Å²) in [5.74, 6) is -1.23. The second-order valence-electron chi connectivity index (χ2n) is 8.92. The number of nitrogens with zero attached hydrogens (tertiary/aromatic N) is 2. The predicted molar refractivity (Wildman–Crippen MR) is 144 cm³/mol. The lowest BCUT2D eigenvalue weighted by atomic mass is 9.94. The van der Waals surface area contributed by atoms with Gasteiger partial charge in [0.2, 0.25) is 0 Å². The molecule has 4 rings (SSSR count). The van der Waals surface area contributed by atoms with Crippen molar-refractivity contribution in [2.24, 2.45) is 0 Å². The standard InChI is InChI=1S/C30H32N2O4/c1-6-31(7-2)22-16-14-21(15-17-22)27-26(28(33)23-10-8-9-11-25(23)36-5)29(34)30(35)32(27)24-18-19(3)12-13-20(24)4/h8-18,27,33H,6-7H2,1-5H3/b28-26+. The highest BCUT2D eigenvalue weighted by atomic mass is 16.5. The van der Waals surface area contributed by atoms with Crippen LogP contribution in [0.2, 0.25) is 0 Å². The van der Waals surface area contributed by atoms with Gasteiger partial charge in [-0.1, -0.05) is 36.4 Å². The smallest absolute Gasteiger partial charge is 0.300 e. The first-order valence-corrected chi connectivity index (χ1v) is 12.2. The molecule has 1 heterocycles. The lowest BCUT2D eigenvalue weighted by Gasteiger charge is -2.28. The van der Waals surface area contributed by atoms with Crippen molar-refractivity contribution < 1.29 is 19.4 Å². The van der Waals surface area contributed by atoms with Gasteiger partial charge in [0.1, 0.15) is 11.5 Å². The molecule has 6 nitrogen and oxygen atoms in total. The summed E-state index contributed by atoms with van der Waals surface area (Å²) in [6.45, 7) is 9.78. The van der Waals surface area contributed by atoms with Crippen molar-refractivity contribution in [3.05, 3.63) is 94.6 Å². The number of carbonyl (C=O) groups is 2. The third-order valence-electron chi connectivity index (χ3n) is 6.77. The zero-order valence-corrected chi connectivity index (χ0v) is 21.4. The van der Waals surface area contributed by atoms with Gasteiger partial charge in [-0.05, 0) is 74.7 Å². The Morgan fingerprint density at radius 1 is 0.972 bits per heavy atom. The topological polar surface area (TPSA) is 70.1 Å². The quantitative estimate of drug-likeness (QED) is 0.261.